The van der Waals surface area contributed by atoms with E-state index in [2.05, 4.69) is 14.7 Å². The van der Waals surface area contributed by atoms with Gasteiger partial charge < -0.3 is 8.98 Å². The summed E-state index contributed by atoms with van der Waals surface area (Å²) in [6, 6.07) is 15.4. The van der Waals surface area contributed by atoms with Gasteiger partial charge in [0.2, 0.25) is 10.0 Å². The minimum absolute atomic E-state index is 0.301. The van der Waals surface area contributed by atoms with E-state index < -0.39 is 10.0 Å². The van der Waals surface area contributed by atoms with Crippen LogP contribution in [0.25, 0.3) is 33.7 Å². The third-order valence-electron chi connectivity index (χ3n) is 5.57. The van der Waals surface area contributed by atoms with Crippen LogP contribution < -0.4 is 4.72 Å². The van der Waals surface area contributed by atoms with E-state index in [1.807, 2.05) is 70.1 Å². The second-order valence-corrected chi connectivity index (χ2v) is 9.82. The lowest BCUT2D eigenvalue weighted by Gasteiger charge is -2.14. The van der Waals surface area contributed by atoms with Crippen LogP contribution in [0.2, 0.25) is 0 Å². The molecule has 0 aliphatic heterocycles. The Balaban J connectivity index is 1.46. The van der Waals surface area contributed by atoms with Crippen LogP contribution in [0.1, 0.15) is 12.8 Å². The van der Waals surface area contributed by atoms with Gasteiger partial charge in [-0.25, -0.2) is 18.4 Å². The molecule has 0 spiro atoms. The minimum Gasteiger partial charge on any atom is -0.444 e. The Morgan fingerprint density at radius 2 is 1.84 bits per heavy atom. The van der Waals surface area contributed by atoms with Gasteiger partial charge in [-0.1, -0.05) is 0 Å². The number of nitrogens with zero attached hydrogens (tertiary/aromatic N) is 4. The summed E-state index contributed by atoms with van der Waals surface area (Å²) in [6.07, 6.45) is 10.1. The molecule has 1 N–H and O–H groups in total. The molecule has 1 saturated carbocycles. The monoisotopic (exact) mass is 445 g/mol. The summed E-state index contributed by atoms with van der Waals surface area (Å²) in [7, 11) is -3.38. The van der Waals surface area contributed by atoms with E-state index in [9.17, 15) is 8.42 Å². The highest BCUT2D eigenvalue weighted by molar-refractivity contribution is 7.93. The lowest BCUT2D eigenvalue weighted by Crippen LogP contribution is -2.17. The minimum atomic E-state index is -3.38. The SMILES string of the molecule is O=S(=O)(Nc1cc(-n2cccc2)cc(-n2cnc3cc(-c4cnco4)ccc32)c1)C1CC1. The van der Waals surface area contributed by atoms with Crippen LogP contribution >= 0.6 is 0 Å². The van der Waals surface area contributed by atoms with Gasteiger partial charge in [0.15, 0.2) is 12.2 Å². The molecule has 1 aliphatic rings. The van der Waals surface area contributed by atoms with Gasteiger partial charge in [-0.2, -0.15) is 0 Å². The zero-order valence-electron chi connectivity index (χ0n) is 16.9. The number of nitrogens with one attached hydrogen (secondary N) is 1. The number of aromatic nitrogens is 4. The van der Waals surface area contributed by atoms with Crippen molar-refractivity contribution >= 4 is 26.7 Å². The predicted octanol–water partition coefficient (Wildman–Crippen LogP) is 4.38. The van der Waals surface area contributed by atoms with Crippen molar-refractivity contribution in [2.24, 2.45) is 0 Å². The normalized spacial score (nSPS) is 14.1. The van der Waals surface area contributed by atoms with E-state index in [0.717, 1.165) is 28.0 Å². The van der Waals surface area contributed by atoms with Crippen LogP contribution in [-0.4, -0.2) is 32.8 Å². The molecule has 0 bridgehead atoms. The van der Waals surface area contributed by atoms with E-state index >= 15 is 0 Å². The van der Waals surface area contributed by atoms with Gasteiger partial charge in [0, 0.05) is 23.6 Å². The van der Waals surface area contributed by atoms with Crippen molar-refractivity contribution in [3.8, 4) is 22.7 Å². The van der Waals surface area contributed by atoms with Gasteiger partial charge in [-0.05, 0) is 61.4 Å². The van der Waals surface area contributed by atoms with Crippen molar-refractivity contribution in [2.45, 2.75) is 18.1 Å². The molecular weight excluding hydrogens is 426 g/mol. The largest absolute Gasteiger partial charge is 0.444 e. The Morgan fingerprint density at radius 3 is 2.59 bits per heavy atom. The number of rotatable bonds is 6. The van der Waals surface area contributed by atoms with Crippen molar-refractivity contribution in [2.75, 3.05) is 4.72 Å². The molecule has 9 heteroatoms. The number of oxazole rings is 1. The lowest BCUT2D eigenvalue weighted by atomic mass is 10.1. The molecule has 1 aliphatic carbocycles. The van der Waals surface area contributed by atoms with Crippen molar-refractivity contribution < 1.29 is 12.8 Å². The third-order valence-corrected chi connectivity index (χ3v) is 7.44. The van der Waals surface area contributed by atoms with E-state index in [0.29, 0.717) is 24.3 Å². The van der Waals surface area contributed by atoms with Crippen LogP contribution in [0.15, 0.2) is 84.3 Å². The van der Waals surface area contributed by atoms with E-state index in [4.69, 9.17) is 4.42 Å². The zero-order chi connectivity index (χ0) is 21.7. The number of hydrogen-bond acceptors (Lipinski definition) is 5. The maximum atomic E-state index is 12.6. The maximum Gasteiger partial charge on any atom is 0.235 e. The molecule has 2 aromatic carbocycles. The van der Waals surface area contributed by atoms with Crippen LogP contribution in [0, 0.1) is 0 Å². The van der Waals surface area contributed by atoms with Crippen LogP contribution in [0.5, 0.6) is 0 Å². The van der Waals surface area contributed by atoms with E-state index in [-0.39, 0.29) is 5.25 Å². The van der Waals surface area contributed by atoms with Gasteiger partial charge in [0.05, 0.1) is 33.9 Å². The second kappa shape index (κ2) is 7.10. The quantitative estimate of drug-likeness (QED) is 0.419. The number of sulfonamides is 1. The van der Waals surface area contributed by atoms with Crippen molar-refractivity contribution in [3.63, 3.8) is 0 Å². The van der Waals surface area contributed by atoms with Gasteiger partial charge in [0.25, 0.3) is 0 Å². The van der Waals surface area contributed by atoms with Crippen molar-refractivity contribution in [1.82, 2.24) is 19.1 Å². The van der Waals surface area contributed by atoms with Gasteiger partial charge >= 0.3 is 0 Å². The van der Waals surface area contributed by atoms with Crippen molar-refractivity contribution in [1.29, 1.82) is 0 Å². The molecule has 32 heavy (non-hydrogen) atoms. The molecule has 8 nitrogen and oxygen atoms in total. The molecule has 3 heterocycles. The molecule has 1 fully saturated rings. The fraction of sp³-hybridized carbons (Fsp3) is 0.130. The van der Waals surface area contributed by atoms with Crippen LogP contribution in [-0.2, 0) is 10.0 Å². The first-order valence-corrected chi connectivity index (χ1v) is 11.8. The molecule has 0 radical (unpaired) electrons. The number of hydrogen-bond donors (Lipinski definition) is 1. The smallest absolute Gasteiger partial charge is 0.235 e. The molecule has 6 rings (SSSR count). The zero-order valence-corrected chi connectivity index (χ0v) is 17.7. The maximum absolute atomic E-state index is 12.6. The van der Waals surface area contributed by atoms with Gasteiger partial charge in [-0.3, -0.25) is 9.29 Å². The Bertz CT molecular complexity index is 1520. The Hall–Kier alpha value is -3.85. The standard InChI is InChI=1S/C23H19N5O3S/c29-32(30,20-4-5-20)26-17-10-18(27-7-1-2-8-27)12-19(11-17)28-14-25-21-9-16(3-6-22(21)28)23-13-24-15-31-23/h1-3,6-15,20,26H,4-5H2. The first-order valence-electron chi connectivity index (χ1n) is 10.2. The molecule has 0 atom stereocenters. The van der Waals surface area contributed by atoms with Crippen LogP contribution in [0.4, 0.5) is 5.69 Å². The fourth-order valence-corrected chi connectivity index (χ4v) is 5.17. The molecule has 3 aromatic heterocycles. The summed E-state index contributed by atoms with van der Waals surface area (Å²) in [6.45, 7) is 0. The molecule has 0 amide bonds. The summed E-state index contributed by atoms with van der Waals surface area (Å²) in [4.78, 5) is 8.53. The third kappa shape index (κ3) is 3.36. The molecule has 5 aromatic rings. The first-order chi connectivity index (χ1) is 15.6. The first kappa shape index (κ1) is 18.9. The predicted molar refractivity (Wildman–Crippen MR) is 121 cm³/mol. The number of imidazole rings is 1. The lowest BCUT2D eigenvalue weighted by molar-refractivity contribution is 0.572. The highest BCUT2D eigenvalue weighted by Crippen LogP contribution is 2.32. The molecule has 160 valence electrons. The number of benzene rings is 2. The highest BCUT2D eigenvalue weighted by Gasteiger charge is 2.35. The molecule has 0 saturated heterocycles. The van der Waals surface area contributed by atoms with Crippen LogP contribution in [0.3, 0.4) is 0 Å². The Kier molecular flexibility index (Phi) is 4.19. The Morgan fingerprint density at radius 1 is 1.03 bits per heavy atom. The number of anilines is 1. The molecule has 0 unspecified atom stereocenters. The number of fused-ring (bicyclic) bond motifs is 1. The summed E-state index contributed by atoms with van der Waals surface area (Å²) >= 11 is 0. The second-order valence-electron chi connectivity index (χ2n) is 7.86. The summed E-state index contributed by atoms with van der Waals surface area (Å²) in [5.74, 6) is 0.674. The average Bonchev–Trinajstić information content (AvgIpc) is 3.20. The topological polar surface area (TPSA) is 95.0 Å². The summed E-state index contributed by atoms with van der Waals surface area (Å²) in [5.41, 5.74) is 4.76. The van der Waals surface area contributed by atoms with Gasteiger partial charge in [-0.15, -0.1) is 0 Å². The fourth-order valence-electron chi connectivity index (χ4n) is 3.80. The summed E-state index contributed by atoms with van der Waals surface area (Å²) < 4.78 is 37.2. The summed E-state index contributed by atoms with van der Waals surface area (Å²) in [5, 5.41) is -0.301. The molecular formula is C23H19N5O3S. The highest BCUT2D eigenvalue weighted by atomic mass is 32.2. The average molecular weight is 446 g/mol. The van der Waals surface area contributed by atoms with E-state index in [1.54, 1.807) is 12.5 Å². The van der Waals surface area contributed by atoms with Crippen molar-refractivity contribution in [3.05, 3.63) is 79.8 Å². The van der Waals surface area contributed by atoms with Gasteiger partial charge in [0.1, 0.15) is 6.33 Å². The Labute approximate surface area is 184 Å². The van der Waals surface area contributed by atoms with E-state index in [1.165, 1.54) is 6.39 Å².